The number of thiophene rings is 1. The minimum absolute atomic E-state index is 0.0247. The zero-order valence-electron chi connectivity index (χ0n) is 22.0. The Balaban J connectivity index is 1.27. The van der Waals surface area contributed by atoms with E-state index in [-0.39, 0.29) is 11.3 Å². The fourth-order valence-corrected chi connectivity index (χ4v) is 6.78. The van der Waals surface area contributed by atoms with E-state index in [1.807, 2.05) is 30.3 Å². The Labute approximate surface area is 234 Å². The molecule has 2 aliphatic rings. The number of para-hydroxylation sites is 1. The molecule has 0 bridgehead atoms. The fraction of sp³-hybridized carbons (Fsp3) is 0.290. The van der Waals surface area contributed by atoms with Gasteiger partial charge in [-0.05, 0) is 24.3 Å². The van der Waals surface area contributed by atoms with Gasteiger partial charge in [-0.15, -0.1) is 11.3 Å². The average Bonchev–Trinajstić information content (AvgIpc) is 3.36. The lowest BCUT2D eigenvalue weighted by Gasteiger charge is -2.27. The second-order valence-electron chi connectivity index (χ2n) is 10.2. The van der Waals surface area contributed by atoms with Crippen molar-refractivity contribution < 1.29 is 18.7 Å². The number of nitrogens with zero attached hydrogens (tertiary/aromatic N) is 2. The first-order valence-corrected chi connectivity index (χ1v) is 14.4. The van der Waals surface area contributed by atoms with E-state index >= 15 is 0 Å². The number of ether oxygens (including phenoxy) is 2. The average molecular weight is 556 g/mol. The molecule has 0 atom stereocenters. The van der Waals surface area contributed by atoms with E-state index in [9.17, 15) is 9.59 Å². The molecule has 0 spiro atoms. The minimum atomic E-state index is -0.0504. The molecule has 9 heteroatoms. The molecule has 4 heterocycles. The van der Waals surface area contributed by atoms with Crippen LogP contribution in [0.15, 0.2) is 69.9 Å². The van der Waals surface area contributed by atoms with Crippen LogP contribution in [0.2, 0.25) is 0 Å². The van der Waals surface area contributed by atoms with Crippen LogP contribution < -0.4 is 15.6 Å². The molecule has 8 nitrogen and oxygen atoms in total. The number of rotatable bonds is 5. The standard InChI is InChI=1S/C31H29N3O5S/c35-26-18-29(34-11-15-38-16-12-34)39-30-21(3-1-6-24(26)30)22-4-2-5-23-25-17-20(7-8-27(25)40-31(22)23)32-28(36)19-33-9-13-37-14-10-33/h1-8,17-18H,9-16,19H2,(H,32,36). The third-order valence-electron chi connectivity index (χ3n) is 7.61. The molecule has 3 aromatic carbocycles. The lowest BCUT2D eigenvalue weighted by Crippen LogP contribution is -2.41. The van der Waals surface area contributed by atoms with E-state index in [0.717, 1.165) is 50.1 Å². The van der Waals surface area contributed by atoms with Gasteiger partial charge in [-0.3, -0.25) is 14.5 Å². The first kappa shape index (κ1) is 25.2. The lowest BCUT2D eigenvalue weighted by atomic mass is 10.0. The van der Waals surface area contributed by atoms with E-state index in [0.29, 0.717) is 62.9 Å². The van der Waals surface area contributed by atoms with Crippen molar-refractivity contribution in [3.05, 3.63) is 70.9 Å². The molecule has 0 radical (unpaired) electrons. The van der Waals surface area contributed by atoms with Gasteiger partial charge in [-0.25, -0.2) is 0 Å². The van der Waals surface area contributed by atoms with Crippen LogP contribution in [0.25, 0.3) is 42.3 Å². The van der Waals surface area contributed by atoms with Gasteiger partial charge >= 0.3 is 0 Å². The molecule has 1 N–H and O–H groups in total. The highest BCUT2D eigenvalue weighted by atomic mass is 32.1. The van der Waals surface area contributed by atoms with Crippen LogP contribution in [0.4, 0.5) is 11.6 Å². The van der Waals surface area contributed by atoms with Gasteiger partial charge in [-0.1, -0.05) is 30.3 Å². The number of morpholine rings is 2. The summed E-state index contributed by atoms with van der Waals surface area (Å²) in [6.45, 7) is 5.82. The summed E-state index contributed by atoms with van der Waals surface area (Å²) in [6.07, 6.45) is 0. The first-order valence-electron chi connectivity index (χ1n) is 13.6. The highest BCUT2D eigenvalue weighted by molar-refractivity contribution is 7.26. The van der Waals surface area contributed by atoms with Crippen LogP contribution >= 0.6 is 11.3 Å². The first-order chi connectivity index (χ1) is 19.6. The zero-order valence-corrected chi connectivity index (χ0v) is 22.8. The minimum Gasteiger partial charge on any atom is -0.440 e. The second-order valence-corrected chi connectivity index (χ2v) is 11.2. The Morgan fingerprint density at radius 1 is 0.825 bits per heavy atom. The maximum atomic E-state index is 13.1. The molecule has 0 unspecified atom stereocenters. The number of hydrogen-bond acceptors (Lipinski definition) is 8. The summed E-state index contributed by atoms with van der Waals surface area (Å²) in [6, 6.07) is 19.6. The monoisotopic (exact) mass is 555 g/mol. The molecule has 2 aliphatic heterocycles. The summed E-state index contributed by atoms with van der Waals surface area (Å²) in [7, 11) is 0. The number of hydrogen-bond donors (Lipinski definition) is 1. The lowest BCUT2D eigenvalue weighted by molar-refractivity contribution is -0.118. The Morgan fingerprint density at radius 3 is 2.35 bits per heavy atom. The van der Waals surface area contributed by atoms with Crippen molar-refractivity contribution in [1.82, 2.24) is 4.90 Å². The topological polar surface area (TPSA) is 84.2 Å². The molecule has 2 fully saturated rings. The third kappa shape index (κ3) is 4.75. The van der Waals surface area contributed by atoms with Gasteiger partial charge in [0.25, 0.3) is 0 Å². The molecular formula is C31H29N3O5S. The van der Waals surface area contributed by atoms with E-state index < -0.39 is 0 Å². The zero-order chi connectivity index (χ0) is 27.1. The summed E-state index contributed by atoms with van der Waals surface area (Å²) in [4.78, 5) is 30.0. The summed E-state index contributed by atoms with van der Waals surface area (Å²) in [5, 5.41) is 5.82. The van der Waals surface area contributed by atoms with Gasteiger partial charge in [0.15, 0.2) is 11.3 Å². The summed E-state index contributed by atoms with van der Waals surface area (Å²) >= 11 is 1.70. The molecule has 0 saturated carbocycles. The van der Waals surface area contributed by atoms with Crippen LogP contribution in [0.1, 0.15) is 0 Å². The number of amides is 1. The summed E-state index contributed by atoms with van der Waals surface area (Å²) < 4.78 is 19.5. The highest BCUT2D eigenvalue weighted by Crippen LogP contribution is 2.42. The van der Waals surface area contributed by atoms with Crippen molar-refractivity contribution >= 4 is 60.0 Å². The molecule has 2 saturated heterocycles. The SMILES string of the molecule is O=C(CN1CCOCC1)Nc1ccc2sc3c(-c4cccc5c(=O)cc(N6CCOCC6)oc45)cccc3c2c1. The molecule has 5 aromatic rings. The molecule has 7 rings (SSSR count). The Morgan fingerprint density at radius 2 is 1.55 bits per heavy atom. The van der Waals surface area contributed by atoms with E-state index in [4.69, 9.17) is 13.9 Å². The molecule has 1 amide bonds. The van der Waals surface area contributed by atoms with Gasteiger partial charge in [0.2, 0.25) is 5.91 Å². The fourth-order valence-electron chi connectivity index (χ4n) is 5.57. The molecular weight excluding hydrogens is 526 g/mol. The molecule has 40 heavy (non-hydrogen) atoms. The summed E-state index contributed by atoms with van der Waals surface area (Å²) in [5.74, 6) is 0.553. The maximum absolute atomic E-state index is 13.1. The van der Waals surface area contributed by atoms with Crippen LogP contribution in [0.3, 0.4) is 0 Å². The number of carbonyl (C=O) groups is 1. The number of carbonyl (C=O) groups excluding carboxylic acids is 1. The van der Waals surface area contributed by atoms with Gasteiger partial charge in [0, 0.05) is 69.2 Å². The maximum Gasteiger partial charge on any atom is 0.238 e. The smallest absolute Gasteiger partial charge is 0.238 e. The summed E-state index contributed by atoms with van der Waals surface area (Å²) in [5.41, 5.74) is 3.23. The normalized spacial score (nSPS) is 16.6. The van der Waals surface area contributed by atoms with E-state index in [2.05, 4.69) is 39.4 Å². The Hall–Kier alpha value is -3.76. The van der Waals surface area contributed by atoms with Crippen molar-refractivity contribution in [2.75, 3.05) is 69.4 Å². The van der Waals surface area contributed by atoms with Crippen LogP contribution in [-0.4, -0.2) is 70.0 Å². The molecule has 2 aromatic heterocycles. The number of nitrogens with one attached hydrogen (secondary N) is 1. The second kappa shape index (κ2) is 10.7. The van der Waals surface area contributed by atoms with E-state index in [1.54, 1.807) is 17.4 Å². The number of anilines is 2. The number of fused-ring (bicyclic) bond motifs is 4. The molecule has 204 valence electrons. The van der Waals surface area contributed by atoms with Crippen molar-refractivity contribution in [1.29, 1.82) is 0 Å². The highest BCUT2D eigenvalue weighted by Gasteiger charge is 2.20. The van der Waals surface area contributed by atoms with Crippen LogP contribution in [0, 0.1) is 0 Å². The Kier molecular flexibility index (Phi) is 6.73. The predicted molar refractivity (Wildman–Crippen MR) is 160 cm³/mol. The van der Waals surface area contributed by atoms with Crippen LogP contribution in [-0.2, 0) is 14.3 Å². The quantitative estimate of drug-likeness (QED) is 0.329. The van der Waals surface area contributed by atoms with Gasteiger partial charge in [0.1, 0.15) is 5.58 Å². The van der Waals surface area contributed by atoms with Crippen molar-refractivity contribution in [3.8, 4) is 11.1 Å². The number of benzene rings is 3. The van der Waals surface area contributed by atoms with E-state index in [1.165, 1.54) is 0 Å². The van der Waals surface area contributed by atoms with Gasteiger partial charge in [-0.2, -0.15) is 0 Å². The predicted octanol–water partition coefficient (Wildman–Crippen LogP) is 4.94. The van der Waals surface area contributed by atoms with Crippen LogP contribution in [0.5, 0.6) is 0 Å². The molecule has 0 aliphatic carbocycles. The Bertz CT molecular complexity index is 1780. The van der Waals surface area contributed by atoms with Gasteiger partial charge in [0.05, 0.1) is 38.4 Å². The third-order valence-corrected chi connectivity index (χ3v) is 8.83. The van der Waals surface area contributed by atoms with Gasteiger partial charge < -0.3 is 24.1 Å². The van der Waals surface area contributed by atoms with Crippen molar-refractivity contribution in [2.24, 2.45) is 0 Å². The van der Waals surface area contributed by atoms with Crippen molar-refractivity contribution in [2.45, 2.75) is 0 Å². The van der Waals surface area contributed by atoms with Crippen molar-refractivity contribution in [3.63, 3.8) is 0 Å². The largest absolute Gasteiger partial charge is 0.440 e.